The average molecular weight is 286 g/mol. The van der Waals surface area contributed by atoms with Gasteiger partial charge in [0.1, 0.15) is 0 Å². The van der Waals surface area contributed by atoms with E-state index in [-0.39, 0.29) is 12.6 Å². The molecule has 0 aliphatic carbocycles. The van der Waals surface area contributed by atoms with Crippen LogP contribution in [0.2, 0.25) is 5.02 Å². The Bertz CT molecular complexity index is 384. The van der Waals surface area contributed by atoms with Gasteiger partial charge in [-0.1, -0.05) is 24.9 Å². The van der Waals surface area contributed by atoms with E-state index in [0.717, 1.165) is 18.5 Å². The van der Waals surface area contributed by atoms with Crippen LogP contribution < -0.4 is 5.32 Å². The zero-order valence-corrected chi connectivity index (χ0v) is 11.9. The summed E-state index contributed by atoms with van der Waals surface area (Å²) in [5.74, 6) is 0. The summed E-state index contributed by atoms with van der Waals surface area (Å²) in [6.45, 7) is 3.38. The van der Waals surface area contributed by atoms with Gasteiger partial charge in [0.15, 0.2) is 0 Å². The van der Waals surface area contributed by atoms with Gasteiger partial charge in [0.05, 0.1) is 23.9 Å². The summed E-state index contributed by atoms with van der Waals surface area (Å²) in [6.07, 6.45) is 3.48. The van der Waals surface area contributed by atoms with Crippen molar-refractivity contribution < 1.29 is 9.90 Å². The van der Waals surface area contributed by atoms with Gasteiger partial charge in [0, 0.05) is 19.3 Å². The van der Waals surface area contributed by atoms with E-state index in [0.29, 0.717) is 24.7 Å². The van der Waals surface area contributed by atoms with Crippen molar-refractivity contribution in [1.82, 2.24) is 15.2 Å². The van der Waals surface area contributed by atoms with Crippen LogP contribution >= 0.6 is 11.6 Å². The molecule has 0 saturated carbocycles. The van der Waals surface area contributed by atoms with Gasteiger partial charge in [-0.2, -0.15) is 0 Å². The van der Waals surface area contributed by atoms with Crippen molar-refractivity contribution in [1.29, 1.82) is 0 Å². The quantitative estimate of drug-likeness (QED) is 0.806. The number of urea groups is 1. The van der Waals surface area contributed by atoms with Crippen molar-refractivity contribution in [2.24, 2.45) is 0 Å². The summed E-state index contributed by atoms with van der Waals surface area (Å²) >= 11 is 5.74. The first-order valence-corrected chi connectivity index (χ1v) is 6.79. The third-order valence-electron chi connectivity index (χ3n) is 2.65. The smallest absolute Gasteiger partial charge is 0.317 e. The van der Waals surface area contributed by atoms with E-state index in [4.69, 9.17) is 16.7 Å². The Hall–Kier alpha value is -1.33. The molecule has 0 aliphatic heterocycles. The van der Waals surface area contributed by atoms with Crippen LogP contribution in [0.15, 0.2) is 18.3 Å². The van der Waals surface area contributed by atoms with Crippen molar-refractivity contribution in [2.45, 2.75) is 26.3 Å². The number of pyridine rings is 1. The second-order valence-electron chi connectivity index (χ2n) is 4.19. The number of carbonyl (C=O) groups is 1. The largest absolute Gasteiger partial charge is 0.395 e. The number of amides is 2. The number of hydrogen-bond donors (Lipinski definition) is 2. The summed E-state index contributed by atoms with van der Waals surface area (Å²) in [5.41, 5.74) is 0.747. The second-order valence-corrected chi connectivity index (χ2v) is 4.63. The third-order valence-corrected chi connectivity index (χ3v) is 2.87. The van der Waals surface area contributed by atoms with Crippen LogP contribution in [0, 0.1) is 0 Å². The maximum Gasteiger partial charge on any atom is 0.317 e. The monoisotopic (exact) mass is 285 g/mol. The molecule has 0 spiro atoms. The summed E-state index contributed by atoms with van der Waals surface area (Å²) in [4.78, 5) is 17.6. The van der Waals surface area contributed by atoms with Gasteiger partial charge >= 0.3 is 6.03 Å². The van der Waals surface area contributed by atoms with Crippen molar-refractivity contribution in [3.05, 3.63) is 29.0 Å². The number of aromatic nitrogens is 1. The minimum Gasteiger partial charge on any atom is -0.395 e. The highest BCUT2D eigenvalue weighted by Crippen LogP contribution is 2.06. The molecule has 2 N–H and O–H groups in total. The molecule has 0 bridgehead atoms. The Labute approximate surface area is 118 Å². The summed E-state index contributed by atoms with van der Waals surface area (Å²) in [7, 11) is 0. The van der Waals surface area contributed by atoms with Crippen molar-refractivity contribution in [3.8, 4) is 0 Å². The molecule has 19 heavy (non-hydrogen) atoms. The van der Waals surface area contributed by atoms with E-state index >= 15 is 0 Å². The molecular weight excluding hydrogens is 266 g/mol. The lowest BCUT2D eigenvalue weighted by molar-refractivity contribution is 0.176. The molecule has 0 radical (unpaired) electrons. The van der Waals surface area contributed by atoms with Crippen LogP contribution in [-0.2, 0) is 6.54 Å². The van der Waals surface area contributed by atoms with E-state index in [9.17, 15) is 4.79 Å². The van der Waals surface area contributed by atoms with E-state index in [1.807, 2.05) is 0 Å². The zero-order chi connectivity index (χ0) is 14.1. The molecule has 1 aromatic heterocycles. The molecule has 0 fully saturated rings. The Kier molecular flexibility index (Phi) is 7.22. The molecule has 5 nitrogen and oxygen atoms in total. The lowest BCUT2D eigenvalue weighted by atomic mass is 10.3. The fourth-order valence-corrected chi connectivity index (χ4v) is 1.69. The molecule has 0 aliphatic rings. The fourth-order valence-electron chi connectivity index (χ4n) is 1.57. The number of nitrogens with zero attached hydrogens (tertiary/aromatic N) is 2. The van der Waals surface area contributed by atoms with Gasteiger partial charge in [-0.3, -0.25) is 4.98 Å². The Balaban J connectivity index is 2.44. The zero-order valence-electron chi connectivity index (χ0n) is 11.1. The van der Waals surface area contributed by atoms with Crippen LogP contribution in [0.3, 0.4) is 0 Å². The molecule has 1 rings (SSSR count). The summed E-state index contributed by atoms with van der Waals surface area (Å²) < 4.78 is 0. The number of unbranched alkanes of at least 4 members (excludes halogenated alkanes) is 1. The first-order valence-electron chi connectivity index (χ1n) is 6.41. The molecule has 6 heteroatoms. The van der Waals surface area contributed by atoms with Gasteiger partial charge in [-0.15, -0.1) is 0 Å². The summed E-state index contributed by atoms with van der Waals surface area (Å²) in [5, 5.41) is 12.3. The molecule has 0 atom stereocenters. The lowest BCUT2D eigenvalue weighted by Crippen LogP contribution is -2.41. The van der Waals surface area contributed by atoms with Crippen molar-refractivity contribution >= 4 is 17.6 Å². The molecular formula is C13H20ClN3O2. The minimum absolute atomic E-state index is 0.0314. The van der Waals surface area contributed by atoms with Crippen molar-refractivity contribution in [3.63, 3.8) is 0 Å². The predicted molar refractivity (Wildman–Crippen MR) is 75.0 cm³/mol. The highest BCUT2D eigenvalue weighted by Gasteiger charge is 2.11. The molecule has 2 amide bonds. The molecule has 1 aromatic rings. The van der Waals surface area contributed by atoms with Crippen LogP contribution in [0.5, 0.6) is 0 Å². The van der Waals surface area contributed by atoms with Gasteiger partial charge in [0.2, 0.25) is 0 Å². The molecule has 0 aromatic carbocycles. The number of aliphatic hydroxyl groups excluding tert-OH is 1. The second kappa shape index (κ2) is 8.72. The van der Waals surface area contributed by atoms with Crippen LogP contribution in [-0.4, -0.2) is 40.7 Å². The first kappa shape index (κ1) is 15.7. The summed E-state index contributed by atoms with van der Waals surface area (Å²) in [6, 6.07) is 3.32. The van der Waals surface area contributed by atoms with Crippen LogP contribution in [0.1, 0.15) is 25.5 Å². The SMILES string of the molecule is CCCCN(CCO)C(=O)NCc1ccc(Cl)cn1. The standard InChI is InChI=1S/C13H20ClN3O2/c1-2-3-6-17(7-8-18)13(19)16-10-12-5-4-11(14)9-15-12/h4-5,9,18H,2-3,6-8,10H2,1H3,(H,16,19). The Morgan fingerprint density at radius 2 is 2.26 bits per heavy atom. The first-order chi connectivity index (χ1) is 9.17. The number of halogens is 1. The third kappa shape index (κ3) is 5.89. The van der Waals surface area contributed by atoms with Gasteiger partial charge in [-0.25, -0.2) is 4.79 Å². The maximum absolute atomic E-state index is 11.9. The Morgan fingerprint density at radius 3 is 2.84 bits per heavy atom. The number of carbonyl (C=O) groups excluding carboxylic acids is 1. The number of aliphatic hydroxyl groups is 1. The van der Waals surface area contributed by atoms with Crippen LogP contribution in [0.4, 0.5) is 4.79 Å². The average Bonchev–Trinajstić information content (AvgIpc) is 2.42. The van der Waals surface area contributed by atoms with Crippen molar-refractivity contribution in [2.75, 3.05) is 19.7 Å². The van der Waals surface area contributed by atoms with Gasteiger partial charge < -0.3 is 15.3 Å². The Morgan fingerprint density at radius 1 is 1.47 bits per heavy atom. The number of nitrogens with one attached hydrogen (secondary N) is 1. The normalized spacial score (nSPS) is 10.3. The number of hydrogen-bond acceptors (Lipinski definition) is 3. The van der Waals surface area contributed by atoms with E-state index in [1.165, 1.54) is 0 Å². The fraction of sp³-hybridized carbons (Fsp3) is 0.538. The van der Waals surface area contributed by atoms with Crippen LogP contribution in [0.25, 0.3) is 0 Å². The topological polar surface area (TPSA) is 65.5 Å². The number of rotatable bonds is 7. The predicted octanol–water partition coefficient (Wildman–Crippen LogP) is 2.04. The minimum atomic E-state index is -0.181. The molecule has 106 valence electrons. The van der Waals surface area contributed by atoms with Gasteiger partial charge in [0.25, 0.3) is 0 Å². The highest BCUT2D eigenvalue weighted by molar-refractivity contribution is 6.30. The van der Waals surface area contributed by atoms with E-state index in [1.54, 1.807) is 23.2 Å². The van der Waals surface area contributed by atoms with E-state index < -0.39 is 0 Å². The lowest BCUT2D eigenvalue weighted by Gasteiger charge is -2.21. The molecule has 0 saturated heterocycles. The highest BCUT2D eigenvalue weighted by atomic mass is 35.5. The maximum atomic E-state index is 11.9. The van der Waals surface area contributed by atoms with Gasteiger partial charge in [-0.05, 0) is 18.6 Å². The van der Waals surface area contributed by atoms with E-state index in [2.05, 4.69) is 17.2 Å². The molecule has 1 heterocycles. The molecule has 0 unspecified atom stereocenters.